The third-order valence-electron chi connectivity index (χ3n) is 1.85. The van der Waals surface area contributed by atoms with E-state index in [4.69, 9.17) is 0 Å². The van der Waals surface area contributed by atoms with E-state index in [2.05, 4.69) is 23.8 Å². The van der Waals surface area contributed by atoms with Crippen LogP contribution in [0.1, 0.15) is 15.2 Å². The first-order chi connectivity index (χ1) is 7.74. The molecule has 2 rings (SSSR count). The molecule has 0 amide bonds. The van der Waals surface area contributed by atoms with E-state index in [1.165, 1.54) is 24.0 Å². The molecule has 84 valence electrons. The molecule has 0 bridgehead atoms. The lowest BCUT2D eigenvalue weighted by molar-refractivity contribution is 0.0606. The van der Waals surface area contributed by atoms with E-state index in [1.54, 1.807) is 6.07 Å². The molecular formula is C13H14O2S. The first kappa shape index (κ1) is 12.5. The van der Waals surface area contributed by atoms with Gasteiger partial charge in [-0.1, -0.05) is 42.0 Å². The van der Waals surface area contributed by atoms with Crippen molar-refractivity contribution in [3.8, 4) is 0 Å². The van der Waals surface area contributed by atoms with Gasteiger partial charge in [-0.2, -0.15) is 0 Å². The molecule has 0 saturated heterocycles. The van der Waals surface area contributed by atoms with E-state index in [1.807, 2.05) is 29.6 Å². The van der Waals surface area contributed by atoms with Crippen LogP contribution in [0.2, 0.25) is 0 Å². The fourth-order valence-corrected chi connectivity index (χ4v) is 1.67. The van der Waals surface area contributed by atoms with E-state index in [9.17, 15) is 4.79 Å². The average molecular weight is 234 g/mol. The second kappa shape index (κ2) is 6.80. The minimum Gasteiger partial charge on any atom is -0.465 e. The molecule has 0 fully saturated rings. The molecule has 2 aromatic rings. The van der Waals surface area contributed by atoms with Crippen LogP contribution in [-0.4, -0.2) is 13.1 Å². The molecule has 2 nitrogen and oxygen atoms in total. The van der Waals surface area contributed by atoms with Crippen molar-refractivity contribution in [2.24, 2.45) is 0 Å². The van der Waals surface area contributed by atoms with Crippen LogP contribution < -0.4 is 0 Å². The topological polar surface area (TPSA) is 26.3 Å². The largest absolute Gasteiger partial charge is 0.465 e. The average Bonchev–Trinajstić information content (AvgIpc) is 2.83. The zero-order valence-corrected chi connectivity index (χ0v) is 10.2. The van der Waals surface area contributed by atoms with Crippen LogP contribution in [0.3, 0.4) is 0 Å². The lowest BCUT2D eigenvalue weighted by atomic mass is 10.2. The van der Waals surface area contributed by atoms with E-state index >= 15 is 0 Å². The van der Waals surface area contributed by atoms with Gasteiger partial charge in [0, 0.05) is 0 Å². The molecule has 0 atom stereocenters. The van der Waals surface area contributed by atoms with Crippen molar-refractivity contribution in [2.45, 2.75) is 6.92 Å². The summed E-state index contributed by atoms with van der Waals surface area (Å²) >= 11 is 1.38. The standard InChI is InChI=1S/C7H8.C6H6O2S/c1-7-5-3-2-4-6-7;1-8-6(7)5-3-2-4-9-5/h2-6H,1H3;2-4H,1H3. The van der Waals surface area contributed by atoms with Crippen molar-refractivity contribution in [1.82, 2.24) is 0 Å². The Balaban J connectivity index is 0.000000165. The van der Waals surface area contributed by atoms with Gasteiger partial charge >= 0.3 is 5.97 Å². The molecule has 0 aliphatic carbocycles. The Bertz CT molecular complexity index is 407. The number of aryl methyl sites for hydroxylation is 1. The van der Waals surface area contributed by atoms with Gasteiger partial charge in [-0.3, -0.25) is 0 Å². The highest BCUT2D eigenvalue weighted by Crippen LogP contribution is 2.08. The number of carbonyl (C=O) groups is 1. The van der Waals surface area contributed by atoms with E-state index in [0.717, 1.165) is 0 Å². The van der Waals surface area contributed by atoms with Crippen LogP contribution in [0.4, 0.5) is 0 Å². The number of benzene rings is 1. The Kier molecular flexibility index (Phi) is 5.29. The highest BCUT2D eigenvalue weighted by Gasteiger charge is 2.03. The first-order valence-corrected chi connectivity index (χ1v) is 5.75. The molecule has 3 heteroatoms. The van der Waals surface area contributed by atoms with Gasteiger partial charge in [0.1, 0.15) is 4.88 Å². The Morgan fingerprint density at radius 2 is 1.81 bits per heavy atom. The summed E-state index contributed by atoms with van der Waals surface area (Å²) in [4.78, 5) is 11.3. The van der Waals surface area contributed by atoms with Crippen LogP contribution in [-0.2, 0) is 4.74 Å². The van der Waals surface area contributed by atoms with Gasteiger partial charge in [-0.05, 0) is 18.4 Å². The minimum atomic E-state index is -0.259. The van der Waals surface area contributed by atoms with E-state index in [0.29, 0.717) is 4.88 Å². The molecule has 0 aliphatic heterocycles. The minimum absolute atomic E-state index is 0.259. The summed E-state index contributed by atoms with van der Waals surface area (Å²) in [6.07, 6.45) is 0. The van der Waals surface area contributed by atoms with Crippen molar-refractivity contribution < 1.29 is 9.53 Å². The molecule has 1 aromatic heterocycles. The maximum Gasteiger partial charge on any atom is 0.348 e. The van der Waals surface area contributed by atoms with Gasteiger partial charge < -0.3 is 4.74 Å². The number of hydrogen-bond donors (Lipinski definition) is 0. The molecule has 1 aromatic carbocycles. The summed E-state index contributed by atoms with van der Waals surface area (Å²) in [5, 5.41) is 1.84. The quantitative estimate of drug-likeness (QED) is 0.705. The fourth-order valence-electron chi connectivity index (χ4n) is 1.03. The van der Waals surface area contributed by atoms with Gasteiger partial charge in [-0.25, -0.2) is 4.79 Å². The Morgan fingerprint density at radius 1 is 1.12 bits per heavy atom. The van der Waals surface area contributed by atoms with Crippen LogP contribution in [0.15, 0.2) is 47.8 Å². The number of esters is 1. The molecule has 1 heterocycles. The number of ether oxygens (including phenoxy) is 1. The van der Waals surface area contributed by atoms with Crippen molar-refractivity contribution >= 4 is 17.3 Å². The summed E-state index contributed by atoms with van der Waals surface area (Å²) in [6.45, 7) is 2.08. The predicted molar refractivity (Wildman–Crippen MR) is 66.8 cm³/mol. The van der Waals surface area contributed by atoms with Gasteiger partial charge in [0.15, 0.2) is 0 Å². The Morgan fingerprint density at radius 3 is 2.19 bits per heavy atom. The number of carbonyl (C=O) groups excluding carboxylic acids is 1. The molecule has 0 saturated carbocycles. The lowest BCUT2D eigenvalue weighted by Crippen LogP contribution is -1.96. The summed E-state index contributed by atoms with van der Waals surface area (Å²) in [6, 6.07) is 13.8. The Hall–Kier alpha value is -1.61. The summed E-state index contributed by atoms with van der Waals surface area (Å²) in [5.74, 6) is -0.259. The monoisotopic (exact) mass is 234 g/mol. The molecule has 16 heavy (non-hydrogen) atoms. The number of rotatable bonds is 1. The van der Waals surface area contributed by atoms with Crippen LogP contribution in [0.25, 0.3) is 0 Å². The second-order valence-corrected chi connectivity index (χ2v) is 4.07. The highest BCUT2D eigenvalue weighted by molar-refractivity contribution is 7.11. The maximum atomic E-state index is 10.7. The van der Waals surface area contributed by atoms with Gasteiger partial charge in [0.05, 0.1) is 7.11 Å². The first-order valence-electron chi connectivity index (χ1n) is 4.87. The summed E-state index contributed by atoms with van der Waals surface area (Å²) < 4.78 is 4.47. The van der Waals surface area contributed by atoms with Crippen molar-refractivity contribution in [3.63, 3.8) is 0 Å². The van der Waals surface area contributed by atoms with E-state index < -0.39 is 0 Å². The lowest BCUT2D eigenvalue weighted by Gasteiger charge is -1.90. The van der Waals surface area contributed by atoms with Crippen LogP contribution >= 0.6 is 11.3 Å². The molecular weight excluding hydrogens is 220 g/mol. The zero-order chi connectivity index (χ0) is 11.8. The fraction of sp³-hybridized carbons (Fsp3) is 0.154. The highest BCUT2D eigenvalue weighted by atomic mass is 32.1. The third kappa shape index (κ3) is 4.28. The SMILES string of the molecule is COC(=O)c1cccs1.Cc1ccccc1. The molecule has 0 aliphatic rings. The molecule has 0 radical (unpaired) electrons. The van der Waals surface area contributed by atoms with Crippen molar-refractivity contribution in [3.05, 3.63) is 58.3 Å². The second-order valence-electron chi connectivity index (χ2n) is 3.12. The predicted octanol–water partition coefficient (Wildman–Crippen LogP) is 3.53. The number of hydrogen-bond acceptors (Lipinski definition) is 3. The Labute approximate surface area is 99.5 Å². The van der Waals surface area contributed by atoms with Crippen molar-refractivity contribution in [2.75, 3.05) is 7.11 Å². The van der Waals surface area contributed by atoms with Crippen molar-refractivity contribution in [1.29, 1.82) is 0 Å². The molecule has 0 spiro atoms. The smallest absolute Gasteiger partial charge is 0.348 e. The number of methoxy groups -OCH3 is 1. The summed E-state index contributed by atoms with van der Waals surface area (Å²) in [5.41, 5.74) is 1.32. The van der Waals surface area contributed by atoms with Crippen LogP contribution in [0, 0.1) is 6.92 Å². The third-order valence-corrected chi connectivity index (χ3v) is 2.70. The maximum absolute atomic E-state index is 10.7. The van der Waals surface area contributed by atoms with Gasteiger partial charge in [-0.15, -0.1) is 11.3 Å². The summed E-state index contributed by atoms with van der Waals surface area (Å²) in [7, 11) is 1.38. The number of thiophene rings is 1. The van der Waals surface area contributed by atoms with Crippen LogP contribution in [0.5, 0.6) is 0 Å². The molecule has 0 unspecified atom stereocenters. The van der Waals surface area contributed by atoms with Gasteiger partial charge in [0.25, 0.3) is 0 Å². The van der Waals surface area contributed by atoms with Gasteiger partial charge in [0.2, 0.25) is 0 Å². The van der Waals surface area contributed by atoms with E-state index in [-0.39, 0.29) is 5.97 Å². The molecule has 0 N–H and O–H groups in total. The zero-order valence-electron chi connectivity index (χ0n) is 9.34. The normalized spacial score (nSPS) is 8.88.